The molecule has 0 aliphatic carbocycles. The number of nitrogens with zero attached hydrogens (tertiary/aromatic N) is 1. The number of rotatable bonds is 1. The van der Waals surface area contributed by atoms with Gasteiger partial charge in [-0.05, 0) is 33.4 Å². The van der Waals surface area contributed by atoms with Crippen LogP contribution in [0.25, 0.3) is 0 Å². The molecule has 0 saturated carbocycles. The molecule has 0 aliphatic heterocycles. The summed E-state index contributed by atoms with van der Waals surface area (Å²) in [5.74, 6) is 0. The predicted octanol–water partition coefficient (Wildman–Crippen LogP) is 2.37. The van der Waals surface area contributed by atoms with E-state index in [1.165, 1.54) is 0 Å². The zero-order chi connectivity index (χ0) is 8.58. The van der Waals surface area contributed by atoms with Crippen LogP contribution in [-0.4, -0.2) is 24.5 Å². The molecule has 1 heteroatoms. The summed E-state index contributed by atoms with van der Waals surface area (Å²) in [5, 5.41) is 0. The van der Waals surface area contributed by atoms with Crippen LogP contribution in [0.5, 0.6) is 0 Å². The van der Waals surface area contributed by atoms with Gasteiger partial charge in [0, 0.05) is 5.54 Å². The third-order valence-corrected chi connectivity index (χ3v) is 2.95. The third-order valence-electron chi connectivity index (χ3n) is 2.95. The summed E-state index contributed by atoms with van der Waals surface area (Å²) in [6, 6.07) is 0. The summed E-state index contributed by atoms with van der Waals surface area (Å²) < 4.78 is 0. The first-order chi connectivity index (χ1) is 4.19. The molecular formula is C9H21N. The van der Waals surface area contributed by atoms with Crippen molar-refractivity contribution in [2.24, 2.45) is 5.41 Å². The highest BCUT2D eigenvalue weighted by Crippen LogP contribution is 2.32. The van der Waals surface area contributed by atoms with Crippen LogP contribution in [-0.2, 0) is 0 Å². The molecule has 62 valence electrons. The summed E-state index contributed by atoms with van der Waals surface area (Å²) in [6.07, 6.45) is 0. The zero-order valence-corrected chi connectivity index (χ0v) is 8.45. The first-order valence-electron chi connectivity index (χ1n) is 3.87. The van der Waals surface area contributed by atoms with Crippen molar-refractivity contribution in [2.45, 2.75) is 40.2 Å². The molecule has 0 aromatic rings. The Hall–Kier alpha value is -0.0400. The highest BCUT2D eigenvalue weighted by molar-refractivity contribution is 4.89. The Bertz CT molecular complexity index is 106. The first kappa shape index (κ1) is 9.96. The summed E-state index contributed by atoms with van der Waals surface area (Å²) in [4.78, 5) is 2.27. The maximum absolute atomic E-state index is 2.27. The van der Waals surface area contributed by atoms with Gasteiger partial charge in [0.25, 0.3) is 0 Å². The maximum Gasteiger partial charge on any atom is 0.0195 e. The molecule has 0 saturated heterocycles. The van der Waals surface area contributed by atoms with E-state index in [9.17, 15) is 0 Å². The Balaban J connectivity index is 4.40. The van der Waals surface area contributed by atoms with Crippen LogP contribution in [0.4, 0.5) is 0 Å². The molecule has 0 aliphatic rings. The van der Waals surface area contributed by atoms with Crippen LogP contribution in [0, 0.1) is 5.41 Å². The molecule has 0 N–H and O–H groups in total. The van der Waals surface area contributed by atoms with Gasteiger partial charge >= 0.3 is 0 Å². The number of hydrogen-bond acceptors (Lipinski definition) is 1. The van der Waals surface area contributed by atoms with Crippen LogP contribution < -0.4 is 0 Å². The lowest BCUT2D eigenvalue weighted by Gasteiger charge is -2.44. The lowest BCUT2D eigenvalue weighted by molar-refractivity contribution is 0.0652. The topological polar surface area (TPSA) is 3.24 Å². The Morgan fingerprint density at radius 3 is 1.10 bits per heavy atom. The summed E-state index contributed by atoms with van der Waals surface area (Å²) in [7, 11) is 4.26. The van der Waals surface area contributed by atoms with Crippen molar-refractivity contribution in [1.82, 2.24) is 4.90 Å². The van der Waals surface area contributed by atoms with Gasteiger partial charge in [0.15, 0.2) is 0 Å². The molecule has 0 fully saturated rings. The maximum atomic E-state index is 2.27. The van der Waals surface area contributed by atoms with E-state index in [4.69, 9.17) is 0 Å². The monoisotopic (exact) mass is 143 g/mol. The van der Waals surface area contributed by atoms with E-state index in [2.05, 4.69) is 53.6 Å². The molecule has 1 nitrogen and oxygen atoms in total. The molecule has 0 spiro atoms. The van der Waals surface area contributed by atoms with Gasteiger partial charge < -0.3 is 4.90 Å². The molecule has 0 aromatic heterocycles. The van der Waals surface area contributed by atoms with Crippen molar-refractivity contribution in [3.05, 3.63) is 0 Å². The van der Waals surface area contributed by atoms with Gasteiger partial charge in [-0.15, -0.1) is 0 Å². The Morgan fingerprint density at radius 2 is 1.10 bits per heavy atom. The van der Waals surface area contributed by atoms with E-state index in [1.807, 2.05) is 0 Å². The lowest BCUT2D eigenvalue weighted by Crippen LogP contribution is -2.48. The second-order valence-electron chi connectivity index (χ2n) is 4.70. The van der Waals surface area contributed by atoms with E-state index < -0.39 is 0 Å². The average Bonchev–Trinajstić information content (AvgIpc) is 1.62. The molecule has 0 heterocycles. The van der Waals surface area contributed by atoms with E-state index >= 15 is 0 Å². The van der Waals surface area contributed by atoms with E-state index in [1.54, 1.807) is 0 Å². The van der Waals surface area contributed by atoms with Gasteiger partial charge in [-0.1, -0.05) is 20.8 Å². The summed E-state index contributed by atoms with van der Waals surface area (Å²) in [6.45, 7) is 11.4. The molecule has 0 radical (unpaired) electrons. The quantitative estimate of drug-likeness (QED) is 0.544. The molecule has 0 unspecified atom stereocenters. The van der Waals surface area contributed by atoms with Crippen LogP contribution in [0.15, 0.2) is 0 Å². The highest BCUT2D eigenvalue weighted by Gasteiger charge is 2.34. The third kappa shape index (κ3) is 1.72. The fourth-order valence-corrected chi connectivity index (χ4v) is 0.671. The summed E-state index contributed by atoms with van der Waals surface area (Å²) in [5.41, 5.74) is 0.615. The normalized spacial score (nSPS) is 14.4. The molecule has 0 atom stereocenters. The van der Waals surface area contributed by atoms with Gasteiger partial charge in [0.2, 0.25) is 0 Å². The smallest absolute Gasteiger partial charge is 0.0195 e. The Labute approximate surface area is 65.4 Å². The van der Waals surface area contributed by atoms with Crippen molar-refractivity contribution in [3.8, 4) is 0 Å². The van der Waals surface area contributed by atoms with Crippen molar-refractivity contribution in [2.75, 3.05) is 14.1 Å². The molecular weight excluding hydrogens is 122 g/mol. The van der Waals surface area contributed by atoms with Gasteiger partial charge in [-0.3, -0.25) is 0 Å². The van der Waals surface area contributed by atoms with Crippen molar-refractivity contribution in [1.29, 1.82) is 0 Å². The van der Waals surface area contributed by atoms with Crippen LogP contribution >= 0.6 is 0 Å². The second-order valence-corrected chi connectivity index (χ2v) is 4.70. The van der Waals surface area contributed by atoms with Crippen molar-refractivity contribution in [3.63, 3.8) is 0 Å². The molecule has 10 heavy (non-hydrogen) atoms. The lowest BCUT2D eigenvalue weighted by atomic mass is 9.75. The van der Waals surface area contributed by atoms with Crippen LogP contribution in [0.2, 0.25) is 0 Å². The molecule has 0 bridgehead atoms. The average molecular weight is 143 g/mol. The second kappa shape index (κ2) is 2.54. The fraction of sp³-hybridized carbons (Fsp3) is 1.00. The Morgan fingerprint density at radius 1 is 0.800 bits per heavy atom. The van der Waals surface area contributed by atoms with Gasteiger partial charge in [-0.25, -0.2) is 0 Å². The minimum Gasteiger partial charge on any atom is -0.304 e. The fourth-order valence-electron chi connectivity index (χ4n) is 0.671. The summed E-state index contributed by atoms with van der Waals surface area (Å²) >= 11 is 0. The predicted molar refractivity (Wildman–Crippen MR) is 47.2 cm³/mol. The first-order valence-corrected chi connectivity index (χ1v) is 3.87. The minimum absolute atomic E-state index is 0.271. The molecule has 0 aromatic carbocycles. The minimum atomic E-state index is 0.271. The van der Waals surface area contributed by atoms with Crippen molar-refractivity contribution < 1.29 is 0 Å². The molecule has 0 amide bonds. The van der Waals surface area contributed by atoms with Gasteiger partial charge in [-0.2, -0.15) is 0 Å². The molecule has 0 rings (SSSR count). The van der Waals surface area contributed by atoms with Crippen molar-refractivity contribution >= 4 is 0 Å². The largest absolute Gasteiger partial charge is 0.304 e. The Kier molecular flexibility index (Phi) is 2.53. The van der Waals surface area contributed by atoms with Crippen LogP contribution in [0.1, 0.15) is 34.6 Å². The van der Waals surface area contributed by atoms with E-state index in [0.717, 1.165) is 0 Å². The standard InChI is InChI=1S/C9H21N/c1-8(2,3)9(4,5)10(6)7/h1-7H3. The van der Waals surface area contributed by atoms with E-state index in [0.29, 0.717) is 5.41 Å². The van der Waals surface area contributed by atoms with Crippen LogP contribution in [0.3, 0.4) is 0 Å². The SMILES string of the molecule is CN(C)C(C)(C)C(C)(C)C. The number of hydrogen-bond donors (Lipinski definition) is 0. The zero-order valence-electron chi connectivity index (χ0n) is 8.45. The van der Waals surface area contributed by atoms with E-state index in [-0.39, 0.29) is 5.54 Å². The highest BCUT2D eigenvalue weighted by atomic mass is 15.1. The van der Waals surface area contributed by atoms with Gasteiger partial charge in [0.1, 0.15) is 0 Å². The van der Waals surface area contributed by atoms with Gasteiger partial charge in [0.05, 0.1) is 0 Å².